The monoisotopic (exact) mass is 410 g/mol. The van der Waals surface area contributed by atoms with E-state index in [0.29, 0.717) is 11.0 Å². The van der Waals surface area contributed by atoms with Crippen molar-refractivity contribution in [1.82, 2.24) is 0 Å². The summed E-state index contributed by atoms with van der Waals surface area (Å²) < 4.78 is 45.6. The van der Waals surface area contributed by atoms with Crippen LogP contribution in [0.3, 0.4) is 0 Å². The fourth-order valence-electron chi connectivity index (χ4n) is 2.91. The molecule has 1 heterocycles. The maximum atomic E-state index is 13.5. The van der Waals surface area contributed by atoms with Crippen LogP contribution in [-0.2, 0) is 0 Å². The van der Waals surface area contributed by atoms with E-state index in [4.69, 9.17) is 4.42 Å². The molecule has 30 heavy (non-hydrogen) atoms. The van der Waals surface area contributed by atoms with Crippen molar-refractivity contribution in [2.24, 2.45) is 0 Å². The molecule has 0 unspecified atom stereocenters. The molecule has 1 aromatic heterocycles. The second-order valence-corrected chi connectivity index (χ2v) is 6.35. The maximum Gasteiger partial charge on any atom is 0.293 e. The van der Waals surface area contributed by atoms with Gasteiger partial charge in [-0.05, 0) is 42.5 Å². The van der Waals surface area contributed by atoms with E-state index in [1.54, 1.807) is 24.3 Å². The van der Waals surface area contributed by atoms with E-state index in [-0.39, 0.29) is 22.7 Å². The quantitative estimate of drug-likeness (QED) is 0.476. The van der Waals surface area contributed by atoms with Gasteiger partial charge in [-0.2, -0.15) is 0 Å². The van der Waals surface area contributed by atoms with Crippen LogP contribution in [0.1, 0.15) is 20.9 Å². The van der Waals surface area contributed by atoms with Crippen molar-refractivity contribution in [3.63, 3.8) is 0 Å². The molecule has 0 bridgehead atoms. The standard InChI is InChI=1S/C22H13F3N2O3/c23-13-5-3-4-12(10-13)21(28)27-19-15-6-1-2-7-18(15)30-20(19)22(29)26-14-8-9-16(24)17(25)11-14/h1-11H,(H,26,29)(H,27,28). The molecule has 0 atom stereocenters. The second kappa shape index (κ2) is 7.75. The summed E-state index contributed by atoms with van der Waals surface area (Å²) in [5.74, 6) is -4.45. The molecule has 4 rings (SSSR count). The average Bonchev–Trinajstić information content (AvgIpc) is 3.09. The highest BCUT2D eigenvalue weighted by Crippen LogP contribution is 2.32. The van der Waals surface area contributed by atoms with Crippen molar-refractivity contribution in [2.45, 2.75) is 0 Å². The Labute approximate surface area is 168 Å². The first kappa shape index (κ1) is 19.3. The van der Waals surface area contributed by atoms with E-state index in [1.165, 1.54) is 24.3 Å². The van der Waals surface area contributed by atoms with E-state index in [9.17, 15) is 22.8 Å². The third kappa shape index (κ3) is 3.75. The van der Waals surface area contributed by atoms with Crippen molar-refractivity contribution in [3.05, 3.63) is 95.5 Å². The van der Waals surface area contributed by atoms with Crippen LogP contribution in [0.2, 0.25) is 0 Å². The number of hydrogen-bond donors (Lipinski definition) is 2. The second-order valence-electron chi connectivity index (χ2n) is 6.35. The molecular weight excluding hydrogens is 397 g/mol. The minimum Gasteiger partial charge on any atom is -0.449 e. The van der Waals surface area contributed by atoms with E-state index < -0.39 is 29.3 Å². The summed E-state index contributed by atoms with van der Waals surface area (Å²) in [6.45, 7) is 0. The Balaban J connectivity index is 1.70. The van der Waals surface area contributed by atoms with Gasteiger partial charge in [0.2, 0.25) is 5.76 Å². The molecule has 150 valence electrons. The van der Waals surface area contributed by atoms with Crippen molar-refractivity contribution < 1.29 is 27.2 Å². The number of hydrogen-bond acceptors (Lipinski definition) is 3. The average molecular weight is 410 g/mol. The summed E-state index contributed by atoms with van der Waals surface area (Å²) in [5, 5.41) is 5.41. The SMILES string of the molecule is O=C(Nc1c(C(=O)Nc2ccc(F)c(F)c2)oc2ccccc12)c1cccc(F)c1. The third-order valence-electron chi connectivity index (χ3n) is 4.30. The Morgan fingerprint density at radius 1 is 0.767 bits per heavy atom. The summed E-state index contributed by atoms with van der Waals surface area (Å²) in [6, 6.07) is 14.5. The van der Waals surface area contributed by atoms with Crippen LogP contribution in [0, 0.1) is 17.5 Å². The molecule has 0 saturated carbocycles. The number of benzene rings is 3. The third-order valence-corrected chi connectivity index (χ3v) is 4.30. The van der Waals surface area contributed by atoms with Gasteiger partial charge in [-0.15, -0.1) is 0 Å². The van der Waals surface area contributed by atoms with Crippen LogP contribution in [-0.4, -0.2) is 11.8 Å². The molecule has 2 amide bonds. The number of halogens is 3. The van der Waals surface area contributed by atoms with Crippen molar-refractivity contribution >= 4 is 34.2 Å². The largest absolute Gasteiger partial charge is 0.449 e. The highest BCUT2D eigenvalue weighted by atomic mass is 19.2. The Morgan fingerprint density at radius 2 is 1.57 bits per heavy atom. The smallest absolute Gasteiger partial charge is 0.293 e. The highest BCUT2D eigenvalue weighted by molar-refractivity contribution is 6.16. The number of fused-ring (bicyclic) bond motifs is 1. The summed E-state index contributed by atoms with van der Waals surface area (Å²) >= 11 is 0. The van der Waals surface area contributed by atoms with Crippen LogP contribution in [0.5, 0.6) is 0 Å². The fraction of sp³-hybridized carbons (Fsp3) is 0. The number of nitrogens with one attached hydrogen (secondary N) is 2. The maximum absolute atomic E-state index is 13.5. The van der Waals surface area contributed by atoms with E-state index in [1.807, 2.05) is 0 Å². The van der Waals surface area contributed by atoms with Crippen molar-refractivity contribution in [1.29, 1.82) is 0 Å². The van der Waals surface area contributed by atoms with Crippen LogP contribution >= 0.6 is 0 Å². The Kier molecular flexibility index (Phi) is 4.97. The Hall–Kier alpha value is -4.07. The Morgan fingerprint density at radius 3 is 2.33 bits per heavy atom. The lowest BCUT2D eigenvalue weighted by atomic mass is 10.1. The molecule has 0 aliphatic carbocycles. The molecule has 0 fully saturated rings. The summed E-state index contributed by atoms with van der Waals surface area (Å²) in [7, 11) is 0. The predicted molar refractivity (Wildman–Crippen MR) is 105 cm³/mol. The van der Waals surface area contributed by atoms with Gasteiger partial charge in [0, 0.05) is 22.7 Å². The lowest BCUT2D eigenvalue weighted by Crippen LogP contribution is -2.17. The van der Waals surface area contributed by atoms with Crippen LogP contribution in [0.25, 0.3) is 11.0 Å². The van der Waals surface area contributed by atoms with Gasteiger partial charge in [-0.25, -0.2) is 13.2 Å². The van der Waals surface area contributed by atoms with Gasteiger partial charge in [0.1, 0.15) is 17.1 Å². The topological polar surface area (TPSA) is 71.3 Å². The summed E-state index contributed by atoms with van der Waals surface area (Å²) in [5.41, 5.74) is 0.441. The van der Waals surface area contributed by atoms with Gasteiger partial charge in [-0.1, -0.05) is 18.2 Å². The molecule has 3 aromatic carbocycles. The highest BCUT2D eigenvalue weighted by Gasteiger charge is 2.23. The van der Waals surface area contributed by atoms with Crippen LogP contribution in [0.4, 0.5) is 24.5 Å². The van der Waals surface area contributed by atoms with Crippen LogP contribution in [0.15, 0.2) is 71.1 Å². The molecule has 0 aliphatic heterocycles. The van der Waals surface area contributed by atoms with Crippen LogP contribution < -0.4 is 10.6 Å². The number of furan rings is 1. The summed E-state index contributed by atoms with van der Waals surface area (Å²) in [6.07, 6.45) is 0. The zero-order valence-electron chi connectivity index (χ0n) is 15.2. The zero-order valence-corrected chi connectivity index (χ0v) is 15.2. The predicted octanol–water partition coefficient (Wildman–Crippen LogP) is 5.35. The number of carbonyl (C=O) groups is 2. The van der Waals surface area contributed by atoms with Gasteiger partial charge in [0.25, 0.3) is 11.8 Å². The normalized spacial score (nSPS) is 10.8. The minimum atomic E-state index is -1.13. The number of para-hydroxylation sites is 1. The lowest BCUT2D eigenvalue weighted by Gasteiger charge is -2.08. The number of anilines is 2. The number of rotatable bonds is 4. The van der Waals surface area contributed by atoms with E-state index >= 15 is 0 Å². The molecule has 0 saturated heterocycles. The molecule has 0 radical (unpaired) electrons. The molecule has 5 nitrogen and oxygen atoms in total. The molecule has 4 aromatic rings. The lowest BCUT2D eigenvalue weighted by molar-refractivity contribution is 0.0999. The van der Waals surface area contributed by atoms with Gasteiger partial charge in [-0.3, -0.25) is 9.59 Å². The Bertz CT molecular complexity index is 1280. The molecule has 0 aliphatic rings. The summed E-state index contributed by atoms with van der Waals surface area (Å²) in [4.78, 5) is 25.3. The molecule has 2 N–H and O–H groups in total. The number of amides is 2. The van der Waals surface area contributed by atoms with Crippen molar-refractivity contribution in [3.8, 4) is 0 Å². The van der Waals surface area contributed by atoms with Gasteiger partial charge in [0.05, 0.1) is 0 Å². The fourth-order valence-corrected chi connectivity index (χ4v) is 2.91. The van der Waals surface area contributed by atoms with Gasteiger partial charge < -0.3 is 15.1 Å². The first-order chi connectivity index (χ1) is 14.4. The molecule has 8 heteroatoms. The zero-order chi connectivity index (χ0) is 21.3. The van der Waals surface area contributed by atoms with E-state index in [0.717, 1.165) is 18.2 Å². The van der Waals surface area contributed by atoms with E-state index in [2.05, 4.69) is 10.6 Å². The first-order valence-corrected chi connectivity index (χ1v) is 8.77. The van der Waals surface area contributed by atoms with Gasteiger partial charge >= 0.3 is 0 Å². The minimum absolute atomic E-state index is 0.00163. The number of carbonyl (C=O) groups excluding carboxylic acids is 2. The first-order valence-electron chi connectivity index (χ1n) is 8.77. The molecule has 0 spiro atoms. The molecular formula is C22H13F3N2O3. The van der Waals surface area contributed by atoms with Crippen molar-refractivity contribution in [2.75, 3.05) is 10.6 Å². The van der Waals surface area contributed by atoms with Gasteiger partial charge in [0.15, 0.2) is 11.6 Å².